The fraction of sp³-hybridized carbons (Fsp3) is 0.0769. The minimum Gasteiger partial charge on any atom is -0.506 e. The predicted octanol–water partition coefficient (Wildman–Crippen LogP) is 5.00. The Hall–Kier alpha value is -3.87. The van der Waals surface area contributed by atoms with E-state index in [9.17, 15) is 9.90 Å². The molecule has 4 aromatic carbocycles. The van der Waals surface area contributed by atoms with Gasteiger partial charge in [0, 0.05) is 23.1 Å². The van der Waals surface area contributed by atoms with Gasteiger partial charge in [-0.05, 0) is 46.8 Å². The first-order valence-corrected chi connectivity index (χ1v) is 10.7. The van der Waals surface area contributed by atoms with Gasteiger partial charge >= 0.3 is 0 Å². The van der Waals surface area contributed by atoms with E-state index < -0.39 is 5.91 Å². The first-order valence-electron chi connectivity index (χ1n) is 10.3. The molecule has 0 aliphatic heterocycles. The maximum Gasteiger partial charge on any atom is 0.271 e. The Morgan fingerprint density at radius 3 is 2.45 bits per heavy atom. The number of fused-ring (bicyclic) bond motifs is 1. The number of phenolic OH excluding ortho intramolecular Hbond substituents is 1. The molecule has 0 heterocycles. The Kier molecular flexibility index (Phi) is 6.88. The number of halogens is 1. The number of nitrogens with one attached hydrogen (secondary N) is 1. The topological polar surface area (TPSA) is 96.9 Å². The third-order valence-electron chi connectivity index (χ3n) is 5.15. The molecule has 166 valence electrons. The van der Waals surface area contributed by atoms with E-state index in [-0.39, 0.29) is 10.8 Å². The number of phenols is 1. The number of rotatable bonds is 7. The fourth-order valence-corrected chi connectivity index (χ4v) is 3.52. The molecule has 0 unspecified atom stereocenters. The highest BCUT2D eigenvalue weighted by molar-refractivity contribution is 6.32. The minimum absolute atomic E-state index is 0.0851. The van der Waals surface area contributed by atoms with Crippen LogP contribution in [0.15, 0.2) is 84.0 Å². The fourth-order valence-electron chi connectivity index (χ4n) is 3.34. The van der Waals surface area contributed by atoms with Gasteiger partial charge in [0.05, 0.1) is 11.2 Å². The molecule has 0 atom stereocenters. The van der Waals surface area contributed by atoms with Crippen LogP contribution in [0.1, 0.15) is 27.0 Å². The Morgan fingerprint density at radius 2 is 1.73 bits per heavy atom. The van der Waals surface area contributed by atoms with Gasteiger partial charge in [-0.2, -0.15) is 5.10 Å². The monoisotopic (exact) mass is 459 g/mol. The number of nitrogens with zero attached hydrogens (tertiary/aromatic N) is 1. The molecule has 4 rings (SSSR count). The van der Waals surface area contributed by atoms with Crippen molar-refractivity contribution in [1.82, 2.24) is 5.43 Å². The van der Waals surface area contributed by atoms with Crippen LogP contribution in [0.5, 0.6) is 11.5 Å². The lowest BCUT2D eigenvalue weighted by Crippen LogP contribution is -2.17. The third kappa shape index (κ3) is 5.31. The number of ether oxygens (including phenoxy) is 1. The van der Waals surface area contributed by atoms with Crippen LogP contribution in [-0.4, -0.2) is 17.2 Å². The molecule has 0 saturated carbocycles. The van der Waals surface area contributed by atoms with Gasteiger partial charge in [-0.1, -0.05) is 60.1 Å². The van der Waals surface area contributed by atoms with Crippen LogP contribution in [0.25, 0.3) is 10.8 Å². The van der Waals surface area contributed by atoms with E-state index in [0.717, 1.165) is 33.2 Å². The van der Waals surface area contributed by atoms with Crippen molar-refractivity contribution in [3.8, 4) is 11.5 Å². The van der Waals surface area contributed by atoms with E-state index in [1.165, 1.54) is 18.2 Å². The second kappa shape index (κ2) is 10.2. The zero-order chi connectivity index (χ0) is 23.2. The van der Waals surface area contributed by atoms with Crippen LogP contribution >= 0.6 is 11.6 Å². The van der Waals surface area contributed by atoms with E-state index in [1.54, 1.807) is 6.21 Å². The summed E-state index contributed by atoms with van der Waals surface area (Å²) >= 11 is 5.86. The average Bonchev–Trinajstić information content (AvgIpc) is 2.85. The van der Waals surface area contributed by atoms with Gasteiger partial charge in [0.2, 0.25) is 0 Å². The van der Waals surface area contributed by atoms with Crippen molar-refractivity contribution in [1.29, 1.82) is 0 Å². The van der Waals surface area contributed by atoms with Crippen LogP contribution in [0, 0.1) is 0 Å². The number of hydrazone groups is 1. The Morgan fingerprint density at radius 1 is 1.00 bits per heavy atom. The van der Waals surface area contributed by atoms with E-state index >= 15 is 0 Å². The second-order valence-electron chi connectivity index (χ2n) is 7.37. The summed E-state index contributed by atoms with van der Waals surface area (Å²) in [5, 5.41) is 15.6. The number of carbonyl (C=O) groups excluding carboxylic acids is 1. The van der Waals surface area contributed by atoms with Gasteiger partial charge in [-0.3, -0.25) is 4.79 Å². The molecule has 0 aliphatic rings. The largest absolute Gasteiger partial charge is 0.506 e. The highest BCUT2D eigenvalue weighted by Gasteiger charge is 2.09. The predicted molar refractivity (Wildman–Crippen MR) is 131 cm³/mol. The molecule has 0 bridgehead atoms. The molecule has 0 saturated heterocycles. The standard InChI is InChI=1S/C26H22ClN3O3/c27-23-13-19(9-11-24(23)31)26(32)30-29-15-20-10-12-25(22-4-2-1-3-21(20)22)33-16-18-7-5-17(14-28)6-8-18/h1-13,15,31H,14,16,28H2,(H,30,32)/b29-15+. The summed E-state index contributed by atoms with van der Waals surface area (Å²) in [5.74, 6) is 0.240. The van der Waals surface area contributed by atoms with Crippen molar-refractivity contribution in [3.05, 3.63) is 106 Å². The summed E-state index contributed by atoms with van der Waals surface area (Å²) in [4.78, 5) is 12.3. The zero-order valence-corrected chi connectivity index (χ0v) is 18.4. The smallest absolute Gasteiger partial charge is 0.271 e. The lowest BCUT2D eigenvalue weighted by Gasteiger charge is -2.11. The maximum atomic E-state index is 12.3. The zero-order valence-electron chi connectivity index (χ0n) is 17.7. The van der Waals surface area contributed by atoms with Gasteiger partial charge in [-0.25, -0.2) is 5.43 Å². The van der Waals surface area contributed by atoms with Crippen molar-refractivity contribution in [2.24, 2.45) is 10.8 Å². The summed E-state index contributed by atoms with van der Waals surface area (Å²) in [5.41, 5.74) is 11.4. The molecule has 7 heteroatoms. The molecule has 1 amide bonds. The maximum absolute atomic E-state index is 12.3. The Bertz CT molecular complexity index is 1320. The van der Waals surface area contributed by atoms with E-state index in [0.29, 0.717) is 18.7 Å². The Labute approximate surface area is 196 Å². The summed E-state index contributed by atoms with van der Waals surface area (Å²) in [6.45, 7) is 0.950. The van der Waals surface area contributed by atoms with E-state index in [2.05, 4.69) is 10.5 Å². The highest BCUT2D eigenvalue weighted by Crippen LogP contribution is 2.29. The lowest BCUT2D eigenvalue weighted by atomic mass is 10.0. The summed E-state index contributed by atoms with van der Waals surface area (Å²) in [6, 6.07) is 23.8. The first kappa shape index (κ1) is 22.3. The molecule has 33 heavy (non-hydrogen) atoms. The van der Waals surface area contributed by atoms with Crippen LogP contribution in [0.4, 0.5) is 0 Å². The molecule has 4 N–H and O–H groups in total. The number of hydrogen-bond acceptors (Lipinski definition) is 5. The van der Waals surface area contributed by atoms with Crippen molar-refractivity contribution < 1.29 is 14.6 Å². The molecule has 4 aromatic rings. The Balaban J connectivity index is 1.49. The van der Waals surface area contributed by atoms with E-state index in [1.807, 2.05) is 60.7 Å². The lowest BCUT2D eigenvalue weighted by molar-refractivity contribution is 0.0955. The summed E-state index contributed by atoms with van der Waals surface area (Å²) in [6.07, 6.45) is 1.58. The molecule has 0 fully saturated rings. The molecule has 0 aliphatic carbocycles. The molecule has 0 spiro atoms. The van der Waals surface area contributed by atoms with Gasteiger partial charge in [0.15, 0.2) is 0 Å². The SMILES string of the molecule is NCc1ccc(COc2ccc(/C=N/NC(=O)c3ccc(O)c(Cl)c3)c3ccccc23)cc1. The third-order valence-corrected chi connectivity index (χ3v) is 5.45. The molecule has 0 aromatic heterocycles. The van der Waals surface area contributed by atoms with Crippen molar-refractivity contribution >= 4 is 34.5 Å². The average molecular weight is 460 g/mol. The van der Waals surface area contributed by atoms with Gasteiger partial charge < -0.3 is 15.6 Å². The number of amides is 1. The second-order valence-corrected chi connectivity index (χ2v) is 7.78. The number of nitrogens with two attached hydrogens (primary N) is 1. The number of aromatic hydroxyl groups is 1. The first-order chi connectivity index (χ1) is 16.0. The molecular weight excluding hydrogens is 438 g/mol. The molecular formula is C26H22ClN3O3. The normalized spacial score (nSPS) is 11.1. The van der Waals surface area contributed by atoms with E-state index in [4.69, 9.17) is 22.1 Å². The van der Waals surface area contributed by atoms with Crippen molar-refractivity contribution in [2.45, 2.75) is 13.2 Å². The summed E-state index contributed by atoms with van der Waals surface area (Å²) < 4.78 is 6.08. The minimum atomic E-state index is -0.432. The molecule has 6 nitrogen and oxygen atoms in total. The van der Waals surface area contributed by atoms with Gasteiger partial charge in [0.1, 0.15) is 18.1 Å². The van der Waals surface area contributed by atoms with Crippen LogP contribution in [0.3, 0.4) is 0 Å². The van der Waals surface area contributed by atoms with Crippen LogP contribution < -0.4 is 15.9 Å². The molecule has 0 radical (unpaired) electrons. The van der Waals surface area contributed by atoms with Crippen molar-refractivity contribution in [3.63, 3.8) is 0 Å². The highest BCUT2D eigenvalue weighted by atomic mass is 35.5. The summed E-state index contributed by atoms with van der Waals surface area (Å²) in [7, 11) is 0. The number of benzene rings is 4. The quantitative estimate of drug-likeness (QED) is 0.267. The number of hydrogen-bond donors (Lipinski definition) is 3. The van der Waals surface area contributed by atoms with Gasteiger partial charge in [0.25, 0.3) is 5.91 Å². The van der Waals surface area contributed by atoms with Crippen molar-refractivity contribution in [2.75, 3.05) is 0 Å². The van der Waals surface area contributed by atoms with Crippen LogP contribution in [0.2, 0.25) is 5.02 Å². The van der Waals surface area contributed by atoms with Gasteiger partial charge in [-0.15, -0.1) is 0 Å². The number of carbonyl (C=O) groups is 1. The van der Waals surface area contributed by atoms with Crippen LogP contribution in [-0.2, 0) is 13.2 Å².